The van der Waals surface area contributed by atoms with Crippen LogP contribution < -0.4 is 5.56 Å². The van der Waals surface area contributed by atoms with E-state index in [4.69, 9.17) is 4.74 Å². The Labute approximate surface area is 114 Å². The molecular formula is C12H16F2N2O2S. The van der Waals surface area contributed by atoms with Crippen LogP contribution in [0.1, 0.15) is 38.8 Å². The molecule has 0 saturated heterocycles. The second kappa shape index (κ2) is 6.00. The second-order valence-corrected chi connectivity index (χ2v) is 6.08. The Morgan fingerprint density at radius 3 is 2.74 bits per heavy atom. The number of nitrogens with zero attached hydrogens (tertiary/aromatic N) is 1. The van der Waals surface area contributed by atoms with Gasteiger partial charge in [-0.05, 0) is 26.7 Å². The van der Waals surface area contributed by atoms with Gasteiger partial charge in [0.1, 0.15) is 5.69 Å². The summed E-state index contributed by atoms with van der Waals surface area (Å²) < 4.78 is 30.7. The van der Waals surface area contributed by atoms with E-state index in [0.29, 0.717) is 0 Å². The third-order valence-electron chi connectivity index (χ3n) is 2.76. The Bertz CT molecular complexity index is 487. The molecule has 1 aromatic heterocycles. The highest BCUT2D eigenvalue weighted by Crippen LogP contribution is 2.37. The Morgan fingerprint density at radius 1 is 1.47 bits per heavy atom. The summed E-state index contributed by atoms with van der Waals surface area (Å²) in [6.45, 7) is 3.96. The molecule has 1 saturated carbocycles. The summed E-state index contributed by atoms with van der Waals surface area (Å²) in [5, 5.41) is 0.524. The number of alkyl halides is 2. The van der Waals surface area contributed by atoms with Crippen LogP contribution >= 0.6 is 11.8 Å². The predicted molar refractivity (Wildman–Crippen MR) is 68.7 cm³/mol. The normalized spacial score (nSPS) is 22.8. The quantitative estimate of drug-likeness (QED) is 0.847. The van der Waals surface area contributed by atoms with Crippen LogP contribution in [-0.2, 0) is 4.74 Å². The van der Waals surface area contributed by atoms with Crippen LogP contribution in [0, 0.1) is 0 Å². The monoisotopic (exact) mass is 290 g/mol. The molecular weight excluding hydrogens is 274 g/mol. The number of halogens is 2. The maximum Gasteiger partial charge on any atom is 0.280 e. The summed E-state index contributed by atoms with van der Waals surface area (Å²) in [5.41, 5.74) is -1.01. The van der Waals surface area contributed by atoms with E-state index in [1.54, 1.807) is 0 Å². The summed E-state index contributed by atoms with van der Waals surface area (Å²) in [6.07, 6.45) is -0.602. The van der Waals surface area contributed by atoms with E-state index in [0.717, 1.165) is 18.9 Å². The van der Waals surface area contributed by atoms with Crippen LogP contribution in [0.2, 0.25) is 0 Å². The number of aromatic amines is 1. The zero-order chi connectivity index (χ0) is 14.0. The van der Waals surface area contributed by atoms with Crippen molar-refractivity contribution in [2.75, 3.05) is 0 Å². The Hall–Kier alpha value is -0.950. The highest BCUT2D eigenvalue weighted by atomic mass is 32.2. The standard InChI is InChI=1S/C12H16F2N2O2S/c1-6(2)18-7-3-8(4-7)19-12-15-9(11(13)14)5-10(17)16-12/h5-8,11H,3-4H2,1-2H3,(H,15,16,17). The van der Waals surface area contributed by atoms with E-state index < -0.39 is 17.7 Å². The van der Waals surface area contributed by atoms with Gasteiger partial charge in [0.05, 0.1) is 12.2 Å². The zero-order valence-electron chi connectivity index (χ0n) is 10.7. The average Bonchev–Trinajstić information content (AvgIpc) is 2.24. The number of hydrogen-bond acceptors (Lipinski definition) is 4. The first-order valence-corrected chi connectivity index (χ1v) is 7.03. The van der Waals surface area contributed by atoms with Crippen LogP contribution in [0.15, 0.2) is 16.0 Å². The van der Waals surface area contributed by atoms with Gasteiger partial charge < -0.3 is 9.72 Å². The van der Waals surface area contributed by atoms with Crippen LogP contribution in [0.5, 0.6) is 0 Å². The summed E-state index contributed by atoms with van der Waals surface area (Å²) in [7, 11) is 0. The fourth-order valence-electron chi connectivity index (χ4n) is 1.89. The van der Waals surface area contributed by atoms with Gasteiger partial charge in [0.2, 0.25) is 0 Å². The number of ether oxygens (including phenoxy) is 1. The van der Waals surface area contributed by atoms with Crippen molar-refractivity contribution >= 4 is 11.8 Å². The first-order chi connectivity index (χ1) is 8.94. The molecule has 1 N–H and O–H groups in total. The molecule has 0 aromatic carbocycles. The van der Waals surface area contributed by atoms with Gasteiger partial charge >= 0.3 is 0 Å². The topological polar surface area (TPSA) is 55.0 Å². The van der Waals surface area contributed by atoms with E-state index in [1.807, 2.05) is 13.8 Å². The van der Waals surface area contributed by atoms with Crippen LogP contribution in [-0.4, -0.2) is 27.4 Å². The third kappa shape index (κ3) is 4.01. The molecule has 1 aromatic rings. The summed E-state index contributed by atoms with van der Waals surface area (Å²) >= 11 is 1.33. The highest BCUT2D eigenvalue weighted by Gasteiger charge is 2.32. The third-order valence-corrected chi connectivity index (χ3v) is 3.89. The molecule has 1 aliphatic rings. The van der Waals surface area contributed by atoms with Gasteiger partial charge in [0.15, 0.2) is 5.16 Å². The van der Waals surface area contributed by atoms with Gasteiger partial charge in [0, 0.05) is 11.3 Å². The van der Waals surface area contributed by atoms with Crippen molar-refractivity contribution in [3.8, 4) is 0 Å². The van der Waals surface area contributed by atoms with Crippen molar-refractivity contribution < 1.29 is 13.5 Å². The first kappa shape index (κ1) is 14.5. The van der Waals surface area contributed by atoms with Crippen LogP contribution in [0.3, 0.4) is 0 Å². The molecule has 19 heavy (non-hydrogen) atoms. The number of thioether (sulfide) groups is 1. The van der Waals surface area contributed by atoms with E-state index in [1.165, 1.54) is 11.8 Å². The Balaban J connectivity index is 1.92. The van der Waals surface area contributed by atoms with Crippen molar-refractivity contribution in [1.82, 2.24) is 9.97 Å². The van der Waals surface area contributed by atoms with Gasteiger partial charge in [-0.1, -0.05) is 11.8 Å². The molecule has 7 heteroatoms. The predicted octanol–water partition coefficient (Wildman–Crippen LogP) is 2.76. The van der Waals surface area contributed by atoms with Gasteiger partial charge in [-0.15, -0.1) is 0 Å². The summed E-state index contributed by atoms with van der Waals surface area (Å²) in [6, 6.07) is 0.834. The summed E-state index contributed by atoms with van der Waals surface area (Å²) in [4.78, 5) is 17.5. The molecule has 1 aliphatic carbocycles. The molecule has 0 amide bonds. The maximum absolute atomic E-state index is 12.5. The van der Waals surface area contributed by atoms with Crippen molar-refractivity contribution in [2.45, 2.75) is 55.7 Å². The maximum atomic E-state index is 12.5. The molecule has 106 valence electrons. The minimum atomic E-state index is -2.72. The number of H-pyrrole nitrogens is 1. The van der Waals surface area contributed by atoms with Crippen LogP contribution in [0.4, 0.5) is 8.78 Å². The molecule has 1 fully saturated rings. The van der Waals surface area contributed by atoms with Crippen molar-refractivity contribution in [3.05, 3.63) is 22.1 Å². The van der Waals surface area contributed by atoms with Crippen LogP contribution in [0.25, 0.3) is 0 Å². The number of nitrogens with one attached hydrogen (secondary N) is 1. The number of rotatable bonds is 5. The first-order valence-electron chi connectivity index (χ1n) is 6.15. The lowest BCUT2D eigenvalue weighted by Gasteiger charge is -2.35. The molecule has 0 unspecified atom stereocenters. The van der Waals surface area contributed by atoms with Gasteiger partial charge in [-0.25, -0.2) is 13.8 Å². The highest BCUT2D eigenvalue weighted by molar-refractivity contribution is 7.99. The Kier molecular flexibility index (Phi) is 4.57. The van der Waals surface area contributed by atoms with Crippen molar-refractivity contribution in [3.63, 3.8) is 0 Å². The lowest BCUT2D eigenvalue weighted by Crippen LogP contribution is -2.35. The molecule has 0 radical (unpaired) electrons. The number of hydrogen-bond donors (Lipinski definition) is 1. The lowest BCUT2D eigenvalue weighted by molar-refractivity contribution is -0.0315. The average molecular weight is 290 g/mol. The van der Waals surface area contributed by atoms with Gasteiger partial charge in [0.25, 0.3) is 12.0 Å². The largest absolute Gasteiger partial charge is 0.375 e. The SMILES string of the molecule is CC(C)OC1CC(Sc2nc(C(F)F)cc(=O)[nH]2)C1. The lowest BCUT2D eigenvalue weighted by atomic mass is 9.95. The fourth-order valence-corrected chi connectivity index (χ4v) is 3.14. The molecule has 2 rings (SSSR count). The molecule has 0 atom stereocenters. The molecule has 0 bridgehead atoms. The minimum absolute atomic E-state index is 0.191. The van der Waals surface area contributed by atoms with Crippen molar-refractivity contribution in [1.29, 1.82) is 0 Å². The molecule has 1 heterocycles. The molecule has 4 nitrogen and oxygen atoms in total. The van der Waals surface area contributed by atoms with Gasteiger partial charge in [-0.2, -0.15) is 0 Å². The molecule has 0 aliphatic heterocycles. The summed E-state index contributed by atoms with van der Waals surface area (Å²) in [5.74, 6) is 0. The van der Waals surface area contributed by atoms with E-state index in [9.17, 15) is 13.6 Å². The molecule has 0 spiro atoms. The van der Waals surface area contributed by atoms with E-state index >= 15 is 0 Å². The fraction of sp³-hybridized carbons (Fsp3) is 0.667. The number of aromatic nitrogens is 2. The smallest absolute Gasteiger partial charge is 0.280 e. The minimum Gasteiger partial charge on any atom is -0.375 e. The zero-order valence-corrected chi connectivity index (χ0v) is 11.5. The second-order valence-electron chi connectivity index (χ2n) is 4.79. The van der Waals surface area contributed by atoms with Gasteiger partial charge in [-0.3, -0.25) is 4.79 Å². The van der Waals surface area contributed by atoms with Crippen molar-refractivity contribution in [2.24, 2.45) is 0 Å². The van der Waals surface area contributed by atoms with E-state index in [-0.39, 0.29) is 22.6 Å². The van der Waals surface area contributed by atoms with E-state index in [2.05, 4.69) is 9.97 Å². The Morgan fingerprint density at radius 2 is 2.16 bits per heavy atom.